The Morgan fingerprint density at radius 2 is 1.14 bits per heavy atom. The molecule has 13 heteroatoms. The summed E-state index contributed by atoms with van der Waals surface area (Å²) in [6, 6.07) is 0. The van der Waals surface area contributed by atoms with Crippen molar-refractivity contribution in [2.75, 3.05) is 0 Å². The van der Waals surface area contributed by atoms with E-state index in [-0.39, 0.29) is 0 Å². The van der Waals surface area contributed by atoms with Crippen molar-refractivity contribution in [3.63, 3.8) is 0 Å². The Balaban J connectivity index is 6.14. The summed E-state index contributed by atoms with van der Waals surface area (Å²) in [5.74, 6) is -16.1. The SMILES string of the molecule is C=C(CC(F)(F)C(F)(F)C(F)(C(F)(F)F)C(F)(F)F)C(=O)O. The Bertz CT molecular complexity index is 445. The summed E-state index contributed by atoms with van der Waals surface area (Å²) in [4.78, 5) is 10.1. The third-order valence-electron chi connectivity index (χ3n) is 2.41. The molecule has 22 heavy (non-hydrogen) atoms. The standard InChI is InChI=1S/C9H5F11O2/c1-3(4(21)22)2-5(10,11)7(13,14)6(12,8(15,16)17)9(18,19)20/h1-2H2,(H,21,22). The van der Waals surface area contributed by atoms with Gasteiger partial charge in [0.05, 0.1) is 0 Å². The molecule has 0 aliphatic rings. The first-order chi connectivity index (χ1) is 9.33. The quantitative estimate of drug-likeness (QED) is 0.596. The van der Waals surface area contributed by atoms with Crippen LogP contribution in [-0.2, 0) is 4.79 Å². The Hall–Kier alpha value is -1.56. The molecule has 1 N–H and O–H groups in total. The molecular weight excluding hydrogens is 349 g/mol. The van der Waals surface area contributed by atoms with Crippen LogP contribution >= 0.6 is 0 Å². The first-order valence-electron chi connectivity index (χ1n) is 4.82. The van der Waals surface area contributed by atoms with E-state index < -0.39 is 47.8 Å². The van der Waals surface area contributed by atoms with Crippen LogP contribution in [0.3, 0.4) is 0 Å². The normalized spacial score (nSPS) is 14.9. The number of carbonyl (C=O) groups is 1. The molecule has 0 saturated heterocycles. The van der Waals surface area contributed by atoms with E-state index in [0.29, 0.717) is 0 Å². The molecule has 0 aromatic rings. The lowest BCUT2D eigenvalue weighted by molar-refractivity contribution is -0.426. The summed E-state index contributed by atoms with van der Waals surface area (Å²) in [5, 5.41) is 8.12. The highest BCUT2D eigenvalue weighted by molar-refractivity contribution is 5.85. The molecule has 0 aromatic heterocycles. The van der Waals surface area contributed by atoms with Crippen LogP contribution in [0, 0.1) is 0 Å². The maximum Gasteiger partial charge on any atom is 0.438 e. The first-order valence-corrected chi connectivity index (χ1v) is 4.82. The van der Waals surface area contributed by atoms with Gasteiger partial charge in [-0.1, -0.05) is 6.58 Å². The minimum absolute atomic E-state index is 1.84. The summed E-state index contributed by atoms with van der Waals surface area (Å²) in [5.41, 5.74) is -9.42. The van der Waals surface area contributed by atoms with E-state index in [4.69, 9.17) is 5.11 Å². The van der Waals surface area contributed by atoms with Gasteiger partial charge >= 0.3 is 35.8 Å². The van der Waals surface area contributed by atoms with E-state index >= 15 is 0 Å². The monoisotopic (exact) mass is 354 g/mol. The van der Waals surface area contributed by atoms with Gasteiger partial charge in [0.2, 0.25) is 0 Å². The Kier molecular flexibility index (Phi) is 4.89. The molecule has 0 aromatic carbocycles. The van der Waals surface area contributed by atoms with Crippen LogP contribution < -0.4 is 0 Å². The molecule has 2 nitrogen and oxygen atoms in total. The van der Waals surface area contributed by atoms with Gasteiger partial charge in [-0.3, -0.25) is 0 Å². The van der Waals surface area contributed by atoms with Crippen molar-refractivity contribution in [2.24, 2.45) is 0 Å². The molecule has 0 unspecified atom stereocenters. The van der Waals surface area contributed by atoms with Gasteiger partial charge in [-0.25, -0.2) is 9.18 Å². The van der Waals surface area contributed by atoms with E-state index in [2.05, 4.69) is 6.58 Å². The van der Waals surface area contributed by atoms with E-state index in [1.165, 1.54) is 0 Å². The first kappa shape index (κ1) is 20.4. The number of hydrogen-bond donors (Lipinski definition) is 1. The fourth-order valence-electron chi connectivity index (χ4n) is 1.22. The van der Waals surface area contributed by atoms with Crippen molar-refractivity contribution < 1.29 is 58.2 Å². The minimum Gasteiger partial charge on any atom is -0.478 e. The van der Waals surface area contributed by atoms with E-state index in [1.807, 2.05) is 0 Å². The van der Waals surface area contributed by atoms with Crippen LogP contribution in [0.2, 0.25) is 0 Å². The molecule has 0 amide bonds. The zero-order valence-electron chi connectivity index (χ0n) is 9.93. The number of carboxylic acids is 1. The lowest BCUT2D eigenvalue weighted by atomic mass is 9.88. The van der Waals surface area contributed by atoms with Gasteiger partial charge in [-0.05, 0) is 0 Å². The molecule has 0 heterocycles. The Morgan fingerprint density at radius 3 is 1.36 bits per heavy atom. The van der Waals surface area contributed by atoms with Crippen molar-refractivity contribution in [3.05, 3.63) is 12.2 Å². The van der Waals surface area contributed by atoms with Gasteiger partial charge < -0.3 is 5.11 Å². The summed E-state index contributed by atoms with van der Waals surface area (Å²) >= 11 is 0. The number of alkyl halides is 11. The zero-order valence-corrected chi connectivity index (χ0v) is 9.93. The highest BCUT2D eigenvalue weighted by Crippen LogP contribution is 2.60. The average Bonchev–Trinajstić information content (AvgIpc) is 2.23. The highest BCUT2D eigenvalue weighted by Gasteiger charge is 2.89. The second-order valence-electron chi connectivity index (χ2n) is 4.02. The highest BCUT2D eigenvalue weighted by atomic mass is 19.4. The molecule has 0 aliphatic carbocycles. The van der Waals surface area contributed by atoms with Gasteiger partial charge in [0.15, 0.2) is 0 Å². The van der Waals surface area contributed by atoms with E-state index in [1.54, 1.807) is 0 Å². The predicted octanol–water partition coefficient (Wildman–Crippen LogP) is 4.12. The topological polar surface area (TPSA) is 37.3 Å². The van der Waals surface area contributed by atoms with Crippen molar-refractivity contribution in [3.8, 4) is 0 Å². The van der Waals surface area contributed by atoms with Crippen molar-refractivity contribution in [2.45, 2.75) is 36.3 Å². The molecule has 0 bridgehead atoms. The summed E-state index contributed by atoms with van der Waals surface area (Å²) in [6.45, 7) is 2.26. The third kappa shape index (κ3) is 2.97. The van der Waals surface area contributed by atoms with Crippen molar-refractivity contribution in [1.82, 2.24) is 0 Å². The van der Waals surface area contributed by atoms with Gasteiger partial charge in [0.25, 0.3) is 0 Å². The number of carboxylic acid groups (broad SMARTS) is 1. The average molecular weight is 354 g/mol. The fourth-order valence-corrected chi connectivity index (χ4v) is 1.22. The van der Waals surface area contributed by atoms with Gasteiger partial charge in [-0.15, -0.1) is 0 Å². The van der Waals surface area contributed by atoms with Crippen LogP contribution in [0.5, 0.6) is 0 Å². The summed E-state index contributed by atoms with van der Waals surface area (Å²) in [6.07, 6.45) is -17.7. The van der Waals surface area contributed by atoms with Gasteiger partial charge in [0, 0.05) is 12.0 Å². The second kappa shape index (κ2) is 5.26. The maximum atomic E-state index is 13.1. The van der Waals surface area contributed by atoms with Crippen molar-refractivity contribution in [1.29, 1.82) is 0 Å². The van der Waals surface area contributed by atoms with E-state index in [9.17, 15) is 53.1 Å². The molecule has 0 saturated carbocycles. The molecule has 0 atom stereocenters. The lowest BCUT2D eigenvalue weighted by Crippen LogP contribution is -2.70. The molecular formula is C9H5F11O2. The summed E-state index contributed by atoms with van der Waals surface area (Å²) in [7, 11) is 0. The summed E-state index contributed by atoms with van der Waals surface area (Å²) < 4.78 is 138. The molecule has 0 rings (SSSR count). The fraction of sp³-hybridized carbons (Fsp3) is 0.667. The number of hydrogen-bond acceptors (Lipinski definition) is 1. The molecule has 0 fully saturated rings. The van der Waals surface area contributed by atoms with Gasteiger partial charge in [-0.2, -0.15) is 43.9 Å². The number of aliphatic carboxylic acids is 1. The van der Waals surface area contributed by atoms with Gasteiger partial charge in [0.1, 0.15) is 0 Å². The lowest BCUT2D eigenvalue weighted by Gasteiger charge is -2.39. The predicted molar refractivity (Wildman–Crippen MR) is 47.2 cm³/mol. The van der Waals surface area contributed by atoms with Crippen LogP contribution in [0.25, 0.3) is 0 Å². The number of halogens is 11. The largest absolute Gasteiger partial charge is 0.478 e. The smallest absolute Gasteiger partial charge is 0.438 e. The Labute approximate surface area is 114 Å². The zero-order chi connectivity index (χ0) is 18.4. The molecule has 0 aliphatic heterocycles. The maximum absolute atomic E-state index is 13.1. The second-order valence-corrected chi connectivity index (χ2v) is 4.02. The number of rotatable bonds is 5. The molecule has 130 valence electrons. The van der Waals surface area contributed by atoms with E-state index in [0.717, 1.165) is 0 Å². The van der Waals surface area contributed by atoms with Crippen LogP contribution in [0.4, 0.5) is 48.3 Å². The van der Waals surface area contributed by atoms with Crippen LogP contribution in [-0.4, -0.2) is 40.9 Å². The Morgan fingerprint density at radius 1 is 0.818 bits per heavy atom. The molecule has 0 spiro atoms. The van der Waals surface area contributed by atoms with Crippen LogP contribution in [0.1, 0.15) is 6.42 Å². The van der Waals surface area contributed by atoms with Crippen molar-refractivity contribution >= 4 is 5.97 Å². The third-order valence-corrected chi connectivity index (χ3v) is 2.41. The van der Waals surface area contributed by atoms with Crippen LogP contribution in [0.15, 0.2) is 12.2 Å². The minimum atomic E-state index is -7.59. The molecule has 0 radical (unpaired) electrons.